The Balaban J connectivity index is 2.18. The lowest BCUT2D eigenvalue weighted by Crippen LogP contribution is -2.05. The number of nitrogens with two attached hydrogens (primary N) is 1. The summed E-state index contributed by atoms with van der Waals surface area (Å²) in [5.74, 6) is 0.0926. The van der Waals surface area contributed by atoms with Gasteiger partial charge in [0.1, 0.15) is 11.6 Å². The molecule has 2 aromatic carbocycles. The van der Waals surface area contributed by atoms with Gasteiger partial charge in [0.15, 0.2) is 0 Å². The third-order valence-electron chi connectivity index (χ3n) is 3.29. The van der Waals surface area contributed by atoms with Crippen LogP contribution in [0, 0.1) is 5.82 Å². The number of methoxy groups -OCH3 is 1. The summed E-state index contributed by atoms with van der Waals surface area (Å²) in [5.41, 5.74) is 8.76. The Labute approximate surface area is 118 Å². The lowest BCUT2D eigenvalue weighted by molar-refractivity contribution is 0.416. The second-order valence-corrected chi connectivity index (χ2v) is 4.55. The molecular formula is C16H19FN2O. The molecule has 20 heavy (non-hydrogen) atoms. The number of halogens is 1. The zero-order chi connectivity index (χ0) is 14.5. The van der Waals surface area contributed by atoms with Crippen LogP contribution >= 0.6 is 0 Å². The fourth-order valence-corrected chi connectivity index (χ4v) is 2.15. The smallest absolute Gasteiger partial charge is 0.148 e. The van der Waals surface area contributed by atoms with Crippen LogP contribution in [-0.2, 0) is 13.0 Å². The minimum Gasteiger partial charge on any atom is -0.495 e. The van der Waals surface area contributed by atoms with Crippen molar-refractivity contribution in [2.75, 3.05) is 18.2 Å². The number of nitrogen functional groups attached to an aromatic ring is 1. The first-order chi connectivity index (χ1) is 9.65. The molecule has 0 unspecified atom stereocenters. The maximum atomic E-state index is 13.9. The van der Waals surface area contributed by atoms with Crippen molar-refractivity contribution in [3.63, 3.8) is 0 Å². The van der Waals surface area contributed by atoms with Crippen molar-refractivity contribution in [3.8, 4) is 5.75 Å². The van der Waals surface area contributed by atoms with Crippen LogP contribution in [0.25, 0.3) is 0 Å². The standard InChI is InChI=1S/C16H19FN2O/c1-3-11-6-4-5-7-12(11)10-19-15-9-16(20-2)14(18)8-13(15)17/h4-9,19H,3,10,18H2,1-2H3. The fourth-order valence-electron chi connectivity index (χ4n) is 2.15. The van der Waals surface area contributed by atoms with Crippen molar-refractivity contribution in [1.29, 1.82) is 0 Å². The predicted octanol–water partition coefficient (Wildman–Crippen LogP) is 3.59. The Morgan fingerprint density at radius 2 is 1.90 bits per heavy atom. The van der Waals surface area contributed by atoms with Crippen LogP contribution in [-0.4, -0.2) is 7.11 Å². The highest BCUT2D eigenvalue weighted by Crippen LogP contribution is 2.28. The van der Waals surface area contributed by atoms with Gasteiger partial charge < -0.3 is 15.8 Å². The van der Waals surface area contributed by atoms with Gasteiger partial charge in [0.2, 0.25) is 0 Å². The van der Waals surface area contributed by atoms with Gasteiger partial charge in [-0.2, -0.15) is 0 Å². The summed E-state index contributed by atoms with van der Waals surface area (Å²) in [7, 11) is 1.51. The molecule has 0 aliphatic heterocycles. The number of hydrogen-bond donors (Lipinski definition) is 2. The maximum Gasteiger partial charge on any atom is 0.148 e. The second-order valence-electron chi connectivity index (χ2n) is 4.55. The number of ether oxygens (including phenoxy) is 1. The second kappa shape index (κ2) is 6.28. The summed E-state index contributed by atoms with van der Waals surface area (Å²) < 4.78 is 19.0. The first kappa shape index (κ1) is 14.2. The van der Waals surface area contributed by atoms with E-state index in [0.29, 0.717) is 23.7 Å². The molecule has 2 rings (SSSR count). The molecule has 0 aromatic heterocycles. The van der Waals surface area contributed by atoms with Gasteiger partial charge in [-0.15, -0.1) is 0 Å². The Hall–Kier alpha value is -2.23. The number of aryl methyl sites for hydroxylation is 1. The van der Waals surface area contributed by atoms with Crippen molar-refractivity contribution in [3.05, 3.63) is 53.3 Å². The first-order valence-electron chi connectivity index (χ1n) is 6.59. The van der Waals surface area contributed by atoms with E-state index in [1.807, 2.05) is 18.2 Å². The monoisotopic (exact) mass is 274 g/mol. The minimum absolute atomic E-state index is 0.296. The molecule has 3 nitrogen and oxygen atoms in total. The SMILES string of the molecule is CCc1ccccc1CNc1cc(OC)c(N)cc1F. The van der Waals surface area contributed by atoms with Gasteiger partial charge in [-0.05, 0) is 17.5 Å². The van der Waals surface area contributed by atoms with Gasteiger partial charge in [0, 0.05) is 18.7 Å². The minimum atomic E-state index is -0.378. The first-order valence-corrected chi connectivity index (χ1v) is 6.59. The molecule has 3 N–H and O–H groups in total. The number of hydrogen-bond acceptors (Lipinski definition) is 3. The largest absolute Gasteiger partial charge is 0.495 e. The van der Waals surface area contributed by atoms with Gasteiger partial charge in [-0.25, -0.2) is 4.39 Å². The number of rotatable bonds is 5. The normalized spacial score (nSPS) is 10.3. The highest BCUT2D eigenvalue weighted by Gasteiger charge is 2.08. The highest BCUT2D eigenvalue weighted by molar-refractivity contribution is 5.62. The van der Waals surface area contributed by atoms with Gasteiger partial charge >= 0.3 is 0 Å². The summed E-state index contributed by atoms with van der Waals surface area (Å²) in [4.78, 5) is 0. The van der Waals surface area contributed by atoms with Crippen LogP contribution in [0.1, 0.15) is 18.1 Å². The summed E-state index contributed by atoms with van der Waals surface area (Å²) >= 11 is 0. The molecule has 0 spiro atoms. The molecule has 0 atom stereocenters. The van der Waals surface area contributed by atoms with Crippen LogP contribution in [0.2, 0.25) is 0 Å². The lowest BCUT2D eigenvalue weighted by Gasteiger charge is -2.13. The van der Waals surface area contributed by atoms with Crippen molar-refractivity contribution in [2.45, 2.75) is 19.9 Å². The highest BCUT2D eigenvalue weighted by atomic mass is 19.1. The van der Waals surface area contributed by atoms with E-state index in [-0.39, 0.29) is 5.82 Å². The van der Waals surface area contributed by atoms with E-state index in [1.54, 1.807) is 6.07 Å². The molecule has 0 heterocycles. The molecule has 0 bridgehead atoms. The van der Waals surface area contributed by atoms with E-state index in [2.05, 4.69) is 18.3 Å². The van der Waals surface area contributed by atoms with Gasteiger partial charge in [-0.3, -0.25) is 0 Å². The van der Waals surface area contributed by atoms with Crippen molar-refractivity contribution >= 4 is 11.4 Å². The molecule has 4 heteroatoms. The van der Waals surface area contributed by atoms with Crippen LogP contribution in [0.5, 0.6) is 5.75 Å². The van der Waals surface area contributed by atoms with Crippen molar-refractivity contribution < 1.29 is 9.13 Å². The van der Waals surface area contributed by atoms with E-state index in [1.165, 1.54) is 18.7 Å². The molecule has 0 radical (unpaired) electrons. The molecular weight excluding hydrogens is 255 g/mol. The van der Waals surface area contributed by atoms with Crippen LogP contribution in [0.15, 0.2) is 36.4 Å². The molecule has 2 aromatic rings. The third kappa shape index (κ3) is 3.02. The molecule has 0 saturated heterocycles. The Kier molecular flexibility index (Phi) is 4.45. The average Bonchev–Trinajstić information content (AvgIpc) is 2.46. The zero-order valence-electron chi connectivity index (χ0n) is 11.7. The van der Waals surface area contributed by atoms with Crippen LogP contribution < -0.4 is 15.8 Å². The predicted molar refractivity (Wildman–Crippen MR) is 80.5 cm³/mol. The molecule has 106 valence electrons. The van der Waals surface area contributed by atoms with Gasteiger partial charge in [0.05, 0.1) is 18.5 Å². The van der Waals surface area contributed by atoms with Crippen molar-refractivity contribution in [1.82, 2.24) is 0 Å². The third-order valence-corrected chi connectivity index (χ3v) is 3.29. The molecule has 0 fully saturated rings. The zero-order valence-corrected chi connectivity index (χ0v) is 11.7. The number of nitrogens with one attached hydrogen (secondary N) is 1. The summed E-state index contributed by atoms with van der Waals surface area (Å²) in [6.07, 6.45) is 0.950. The van der Waals surface area contributed by atoms with E-state index in [0.717, 1.165) is 12.0 Å². The molecule has 0 aliphatic carbocycles. The fraction of sp³-hybridized carbons (Fsp3) is 0.250. The Morgan fingerprint density at radius 3 is 2.55 bits per heavy atom. The average molecular weight is 274 g/mol. The van der Waals surface area contributed by atoms with Crippen molar-refractivity contribution in [2.24, 2.45) is 0 Å². The van der Waals surface area contributed by atoms with E-state index >= 15 is 0 Å². The van der Waals surface area contributed by atoms with E-state index < -0.39 is 0 Å². The van der Waals surface area contributed by atoms with Crippen LogP contribution in [0.4, 0.5) is 15.8 Å². The maximum absolute atomic E-state index is 13.9. The quantitative estimate of drug-likeness (QED) is 0.819. The summed E-state index contributed by atoms with van der Waals surface area (Å²) in [6.45, 7) is 2.67. The lowest BCUT2D eigenvalue weighted by atomic mass is 10.1. The number of anilines is 2. The Morgan fingerprint density at radius 1 is 1.20 bits per heavy atom. The summed E-state index contributed by atoms with van der Waals surface area (Å²) in [6, 6.07) is 11.0. The molecule has 0 amide bonds. The number of benzene rings is 2. The molecule has 0 aliphatic rings. The van der Waals surface area contributed by atoms with E-state index in [9.17, 15) is 4.39 Å². The topological polar surface area (TPSA) is 47.3 Å². The van der Waals surface area contributed by atoms with Gasteiger partial charge in [-0.1, -0.05) is 31.2 Å². The summed E-state index contributed by atoms with van der Waals surface area (Å²) in [5, 5.41) is 3.10. The van der Waals surface area contributed by atoms with E-state index in [4.69, 9.17) is 10.5 Å². The van der Waals surface area contributed by atoms with Gasteiger partial charge in [0.25, 0.3) is 0 Å². The Bertz CT molecular complexity index is 599. The molecule has 0 saturated carbocycles. The van der Waals surface area contributed by atoms with Crippen LogP contribution in [0.3, 0.4) is 0 Å².